The highest BCUT2D eigenvalue weighted by Gasteiger charge is 2.10. The second-order valence-electron chi connectivity index (χ2n) is 4.55. The molecular weight excluding hydrogens is 300 g/mol. The third-order valence-corrected chi connectivity index (χ3v) is 3.97. The molecule has 2 aromatic heterocycles. The molecule has 0 bridgehead atoms. The van der Waals surface area contributed by atoms with Gasteiger partial charge in [-0.1, -0.05) is 0 Å². The van der Waals surface area contributed by atoms with Gasteiger partial charge in [-0.05, 0) is 42.8 Å². The number of carboxylic acids is 1. The lowest BCUT2D eigenvalue weighted by Gasteiger charge is -2.05. The van der Waals surface area contributed by atoms with Crippen LogP contribution in [0.15, 0.2) is 41.9 Å². The van der Waals surface area contributed by atoms with Gasteiger partial charge in [0.25, 0.3) is 0 Å². The van der Waals surface area contributed by atoms with Gasteiger partial charge in [-0.15, -0.1) is 11.3 Å². The highest BCUT2D eigenvalue weighted by Crippen LogP contribution is 2.29. The van der Waals surface area contributed by atoms with Crippen molar-refractivity contribution >= 4 is 28.3 Å². The molecule has 5 nitrogen and oxygen atoms in total. The van der Waals surface area contributed by atoms with Crippen LogP contribution in [-0.4, -0.2) is 27.1 Å². The van der Waals surface area contributed by atoms with Crippen LogP contribution in [0.5, 0.6) is 5.75 Å². The Balaban J connectivity index is 2.03. The third kappa shape index (κ3) is 2.73. The van der Waals surface area contributed by atoms with Gasteiger partial charge in [0.1, 0.15) is 5.75 Å². The van der Waals surface area contributed by atoms with Crippen molar-refractivity contribution in [3.8, 4) is 17.0 Å². The van der Waals surface area contributed by atoms with Gasteiger partial charge in [0.15, 0.2) is 4.96 Å². The molecule has 0 radical (unpaired) electrons. The summed E-state index contributed by atoms with van der Waals surface area (Å²) in [4.78, 5) is 15.8. The molecule has 0 aliphatic heterocycles. The summed E-state index contributed by atoms with van der Waals surface area (Å²) in [5.74, 6) is -0.151. The van der Waals surface area contributed by atoms with Crippen LogP contribution in [0.1, 0.15) is 12.6 Å². The first-order valence-electron chi connectivity index (χ1n) is 6.78. The predicted molar refractivity (Wildman–Crippen MR) is 86.3 cm³/mol. The zero-order chi connectivity index (χ0) is 15.5. The van der Waals surface area contributed by atoms with E-state index >= 15 is 0 Å². The van der Waals surface area contributed by atoms with E-state index in [9.17, 15) is 4.79 Å². The van der Waals surface area contributed by atoms with Gasteiger partial charge in [-0.3, -0.25) is 4.40 Å². The van der Waals surface area contributed by atoms with Gasteiger partial charge >= 0.3 is 5.97 Å². The number of rotatable bonds is 5. The maximum atomic E-state index is 10.7. The average molecular weight is 314 g/mol. The molecule has 0 fully saturated rings. The predicted octanol–water partition coefficient (Wildman–Crippen LogP) is 3.56. The third-order valence-electron chi connectivity index (χ3n) is 3.13. The topological polar surface area (TPSA) is 63.8 Å². The fraction of sp³-hybridized carbons (Fsp3) is 0.125. The van der Waals surface area contributed by atoms with E-state index in [2.05, 4.69) is 4.98 Å². The molecule has 3 aromatic rings. The number of imidazole rings is 1. The summed E-state index contributed by atoms with van der Waals surface area (Å²) in [6.45, 7) is 2.58. The van der Waals surface area contributed by atoms with Crippen LogP contribution in [0.3, 0.4) is 0 Å². The molecule has 0 saturated carbocycles. The number of thiazole rings is 1. The largest absolute Gasteiger partial charge is 0.494 e. The van der Waals surface area contributed by atoms with Crippen molar-refractivity contribution in [2.75, 3.05) is 6.61 Å². The van der Waals surface area contributed by atoms with Crippen molar-refractivity contribution in [3.05, 3.63) is 47.6 Å². The number of hydrogen-bond acceptors (Lipinski definition) is 4. The number of aromatic nitrogens is 2. The van der Waals surface area contributed by atoms with Crippen LogP contribution in [0.25, 0.3) is 22.3 Å². The summed E-state index contributed by atoms with van der Waals surface area (Å²) in [6.07, 6.45) is 4.33. The van der Waals surface area contributed by atoms with Crippen molar-refractivity contribution < 1.29 is 14.6 Å². The van der Waals surface area contributed by atoms with Gasteiger partial charge < -0.3 is 9.84 Å². The first-order chi connectivity index (χ1) is 10.7. The van der Waals surface area contributed by atoms with Gasteiger partial charge in [0.05, 0.1) is 24.2 Å². The molecule has 0 aliphatic carbocycles. The van der Waals surface area contributed by atoms with Crippen molar-refractivity contribution in [1.29, 1.82) is 0 Å². The van der Waals surface area contributed by atoms with Gasteiger partial charge in [-0.2, -0.15) is 0 Å². The van der Waals surface area contributed by atoms with E-state index in [-0.39, 0.29) is 0 Å². The molecule has 0 aliphatic rings. The quantitative estimate of drug-likeness (QED) is 0.731. The number of carbonyl (C=O) groups is 1. The summed E-state index contributed by atoms with van der Waals surface area (Å²) >= 11 is 1.52. The van der Waals surface area contributed by atoms with E-state index < -0.39 is 5.97 Å². The lowest BCUT2D eigenvalue weighted by molar-refractivity contribution is -0.131. The maximum Gasteiger partial charge on any atom is 0.328 e. The van der Waals surface area contributed by atoms with Gasteiger partial charge in [-0.25, -0.2) is 9.78 Å². The molecule has 0 amide bonds. The Labute approximate surface area is 131 Å². The summed E-state index contributed by atoms with van der Waals surface area (Å²) < 4.78 is 7.39. The van der Waals surface area contributed by atoms with Crippen molar-refractivity contribution in [3.63, 3.8) is 0 Å². The van der Waals surface area contributed by atoms with Crippen LogP contribution >= 0.6 is 11.3 Å². The molecule has 1 aromatic carbocycles. The van der Waals surface area contributed by atoms with E-state index in [4.69, 9.17) is 9.84 Å². The van der Waals surface area contributed by atoms with E-state index in [1.54, 1.807) is 12.3 Å². The van der Waals surface area contributed by atoms with Gasteiger partial charge in [0.2, 0.25) is 0 Å². The SMILES string of the molecule is CCOc1ccc(-c2csc3ncc(/C=C/C(=O)O)n23)cc1. The fourth-order valence-corrected chi connectivity index (χ4v) is 3.07. The Morgan fingerprint density at radius 1 is 1.41 bits per heavy atom. The Morgan fingerprint density at radius 3 is 2.86 bits per heavy atom. The molecule has 0 spiro atoms. The fourth-order valence-electron chi connectivity index (χ4n) is 2.19. The maximum absolute atomic E-state index is 10.7. The molecule has 0 unspecified atom stereocenters. The van der Waals surface area contributed by atoms with Crippen LogP contribution in [0, 0.1) is 0 Å². The Hall–Kier alpha value is -2.60. The molecule has 0 atom stereocenters. The minimum absolute atomic E-state index is 0.633. The van der Waals surface area contributed by atoms with E-state index in [0.29, 0.717) is 6.61 Å². The van der Waals surface area contributed by atoms with Gasteiger partial charge in [0, 0.05) is 11.5 Å². The smallest absolute Gasteiger partial charge is 0.328 e. The van der Waals surface area contributed by atoms with Crippen LogP contribution in [-0.2, 0) is 4.79 Å². The zero-order valence-corrected chi connectivity index (χ0v) is 12.7. The van der Waals surface area contributed by atoms with Crippen LogP contribution < -0.4 is 4.74 Å². The number of carboxylic acid groups (broad SMARTS) is 1. The Morgan fingerprint density at radius 2 is 2.18 bits per heavy atom. The number of fused-ring (bicyclic) bond motifs is 1. The molecule has 3 rings (SSSR count). The normalized spacial score (nSPS) is 11.3. The second-order valence-corrected chi connectivity index (χ2v) is 5.39. The number of benzene rings is 1. The summed E-state index contributed by atoms with van der Waals surface area (Å²) in [5.41, 5.74) is 2.74. The molecule has 6 heteroatoms. The molecular formula is C16H14N2O3S. The molecule has 2 heterocycles. The lowest BCUT2D eigenvalue weighted by Crippen LogP contribution is -1.92. The van der Waals surface area contributed by atoms with Crippen molar-refractivity contribution in [2.24, 2.45) is 0 Å². The first-order valence-corrected chi connectivity index (χ1v) is 7.66. The number of ether oxygens (including phenoxy) is 1. The lowest BCUT2D eigenvalue weighted by atomic mass is 10.1. The van der Waals surface area contributed by atoms with E-state index in [0.717, 1.165) is 33.7 Å². The van der Waals surface area contributed by atoms with Crippen LogP contribution in [0.4, 0.5) is 0 Å². The summed E-state index contributed by atoms with van der Waals surface area (Å²) in [7, 11) is 0. The average Bonchev–Trinajstić information content (AvgIpc) is 3.08. The zero-order valence-electron chi connectivity index (χ0n) is 11.9. The highest BCUT2D eigenvalue weighted by atomic mass is 32.1. The highest BCUT2D eigenvalue weighted by molar-refractivity contribution is 7.15. The minimum atomic E-state index is -0.979. The van der Waals surface area contributed by atoms with Crippen LogP contribution in [0.2, 0.25) is 0 Å². The monoisotopic (exact) mass is 314 g/mol. The second kappa shape index (κ2) is 6.03. The first kappa shape index (κ1) is 14.3. The minimum Gasteiger partial charge on any atom is -0.494 e. The van der Waals surface area contributed by atoms with E-state index in [1.165, 1.54) is 11.3 Å². The molecule has 1 N–H and O–H groups in total. The molecule has 112 valence electrons. The summed E-state index contributed by atoms with van der Waals surface area (Å²) in [6, 6.07) is 7.81. The van der Waals surface area contributed by atoms with E-state index in [1.807, 2.05) is 41.0 Å². The van der Waals surface area contributed by atoms with Crippen molar-refractivity contribution in [1.82, 2.24) is 9.38 Å². The summed E-state index contributed by atoms with van der Waals surface area (Å²) in [5, 5.41) is 10.8. The standard InChI is InChI=1S/C16H14N2O3S/c1-2-21-13-6-3-11(4-7-13)14-10-22-16-17-9-12(18(14)16)5-8-15(19)20/h3-10H,2H2,1H3,(H,19,20)/b8-5+. The Bertz CT molecular complexity index is 831. The number of hydrogen-bond donors (Lipinski definition) is 1. The molecule has 22 heavy (non-hydrogen) atoms. The van der Waals surface area contributed by atoms with Crippen molar-refractivity contribution in [2.45, 2.75) is 6.92 Å². The number of nitrogens with zero attached hydrogens (tertiary/aromatic N) is 2. The number of aliphatic carboxylic acids is 1. The molecule has 0 saturated heterocycles. The Kier molecular flexibility index (Phi) is 3.93.